The summed E-state index contributed by atoms with van der Waals surface area (Å²) in [7, 11) is 0. The van der Waals surface area contributed by atoms with E-state index >= 15 is 0 Å². The highest BCUT2D eigenvalue weighted by atomic mass is 35.5. The second-order valence-electron chi connectivity index (χ2n) is 2.61. The predicted octanol–water partition coefficient (Wildman–Crippen LogP) is 3.99. The average molecular weight is 218 g/mol. The van der Waals surface area contributed by atoms with Gasteiger partial charge in [-0.15, -0.1) is 0 Å². The molecule has 0 saturated carbocycles. The third-order valence-corrected chi connectivity index (χ3v) is 2.37. The molecule has 0 N–H and O–H groups in total. The van der Waals surface area contributed by atoms with Crippen molar-refractivity contribution in [3.8, 4) is 5.75 Å². The van der Waals surface area contributed by atoms with Crippen molar-refractivity contribution in [3.63, 3.8) is 0 Å². The summed E-state index contributed by atoms with van der Waals surface area (Å²) in [5.41, 5.74) is 0. The average Bonchev–Trinajstić information content (AvgIpc) is 2.13. The Labute approximate surface area is 88.6 Å². The number of halogens is 2. The first-order chi connectivity index (χ1) is 6.25. The largest absolute Gasteiger partial charge is 0.492 e. The van der Waals surface area contributed by atoms with Crippen molar-refractivity contribution in [2.75, 3.05) is 6.61 Å². The third-order valence-electron chi connectivity index (χ3n) is 1.57. The Hall–Kier alpha value is -0.400. The summed E-state index contributed by atoms with van der Waals surface area (Å²) >= 11 is 11.7. The molecule has 0 saturated heterocycles. The molecule has 0 heterocycles. The first-order valence-corrected chi connectivity index (χ1v) is 4.87. The van der Waals surface area contributed by atoms with Crippen molar-refractivity contribution >= 4 is 23.2 Å². The van der Waals surface area contributed by atoms with Gasteiger partial charge in [-0.1, -0.05) is 42.6 Å². The summed E-state index contributed by atoms with van der Waals surface area (Å²) in [5.74, 6) is 0.641. The van der Waals surface area contributed by atoms with E-state index in [1.165, 1.54) is 0 Å². The molecule has 0 amide bonds. The molecule has 0 aliphatic heterocycles. The first-order valence-electron chi connectivity index (χ1n) is 4.11. The molecule has 0 unspecified atom stereocenters. The van der Waals surface area contributed by atoms with Crippen LogP contribution < -0.4 is 4.74 Å². The van der Waals surface area contributed by atoms with Gasteiger partial charge in [0.1, 0.15) is 10.8 Å². The lowest BCUT2D eigenvalue weighted by Gasteiger charge is -2.07. The van der Waals surface area contributed by atoms with Gasteiger partial charge in [0.25, 0.3) is 0 Å². The Morgan fingerprint density at radius 2 is 2.08 bits per heavy atom. The number of hydrogen-bond donors (Lipinski definition) is 0. The summed E-state index contributed by atoms with van der Waals surface area (Å²) in [6.45, 7) is 4.35. The molecule has 0 bridgehead atoms. The monoisotopic (exact) mass is 217 g/mol. The van der Waals surface area contributed by atoms with E-state index in [1.807, 2.05) is 6.07 Å². The maximum Gasteiger partial charge on any atom is 0.139 e. The van der Waals surface area contributed by atoms with Crippen molar-refractivity contribution in [2.24, 2.45) is 0 Å². The number of unbranched alkanes of at least 4 members (excludes halogenated alkanes) is 1. The molecule has 0 atom stereocenters. The minimum atomic E-state index is 0.480. The Kier molecular flexibility index (Phi) is 4.40. The summed E-state index contributed by atoms with van der Waals surface area (Å²) in [6, 6.07) is 5.35. The van der Waals surface area contributed by atoms with E-state index in [9.17, 15) is 0 Å². The van der Waals surface area contributed by atoms with Crippen LogP contribution >= 0.6 is 23.2 Å². The molecule has 0 spiro atoms. The number of hydrogen-bond acceptors (Lipinski definition) is 1. The zero-order valence-corrected chi connectivity index (χ0v) is 8.74. The molecular weight excluding hydrogens is 207 g/mol. The van der Waals surface area contributed by atoms with Crippen LogP contribution in [0.4, 0.5) is 0 Å². The highest BCUT2D eigenvalue weighted by molar-refractivity contribution is 6.42. The van der Waals surface area contributed by atoms with Crippen molar-refractivity contribution in [1.29, 1.82) is 0 Å². The van der Waals surface area contributed by atoms with Crippen LogP contribution in [-0.2, 0) is 0 Å². The van der Waals surface area contributed by atoms with E-state index in [0.717, 1.165) is 12.8 Å². The standard InChI is InChI=1S/C10H11Cl2O/c1-2-3-7-13-9-6-4-5-8(11)10(9)12/h4-6H,1-3,7H2. The van der Waals surface area contributed by atoms with Gasteiger partial charge in [0.15, 0.2) is 0 Å². The molecule has 1 aromatic carbocycles. The van der Waals surface area contributed by atoms with Gasteiger partial charge in [-0.05, 0) is 18.6 Å². The van der Waals surface area contributed by atoms with Gasteiger partial charge in [0, 0.05) is 0 Å². The molecule has 0 aliphatic rings. The smallest absolute Gasteiger partial charge is 0.139 e. The van der Waals surface area contributed by atoms with Crippen molar-refractivity contribution < 1.29 is 4.74 Å². The lowest BCUT2D eigenvalue weighted by Crippen LogP contribution is -1.96. The lowest BCUT2D eigenvalue weighted by atomic mass is 10.3. The topological polar surface area (TPSA) is 9.23 Å². The molecule has 0 aliphatic carbocycles. The van der Waals surface area contributed by atoms with Gasteiger partial charge < -0.3 is 4.74 Å². The maximum absolute atomic E-state index is 5.90. The van der Waals surface area contributed by atoms with E-state index in [-0.39, 0.29) is 0 Å². The van der Waals surface area contributed by atoms with E-state index in [2.05, 4.69) is 6.92 Å². The fourth-order valence-corrected chi connectivity index (χ4v) is 1.23. The Morgan fingerprint density at radius 1 is 1.31 bits per heavy atom. The molecule has 71 valence electrons. The Balaban J connectivity index is 2.61. The zero-order chi connectivity index (χ0) is 9.68. The minimum Gasteiger partial charge on any atom is -0.492 e. The molecule has 13 heavy (non-hydrogen) atoms. The second-order valence-corrected chi connectivity index (χ2v) is 3.39. The van der Waals surface area contributed by atoms with E-state index in [1.54, 1.807) is 12.1 Å². The fourth-order valence-electron chi connectivity index (χ4n) is 0.880. The van der Waals surface area contributed by atoms with Crippen molar-refractivity contribution in [3.05, 3.63) is 35.2 Å². The Bertz CT molecular complexity index is 274. The number of rotatable bonds is 4. The molecule has 1 aromatic rings. The van der Waals surface area contributed by atoms with Gasteiger partial charge in [-0.3, -0.25) is 0 Å². The molecular formula is C10H11Cl2O. The van der Waals surface area contributed by atoms with Gasteiger partial charge >= 0.3 is 0 Å². The van der Waals surface area contributed by atoms with Crippen LogP contribution in [-0.4, -0.2) is 6.61 Å². The first kappa shape index (κ1) is 10.7. The van der Waals surface area contributed by atoms with Crippen LogP contribution in [0.15, 0.2) is 18.2 Å². The van der Waals surface area contributed by atoms with Crippen LogP contribution in [0.3, 0.4) is 0 Å². The zero-order valence-electron chi connectivity index (χ0n) is 7.22. The van der Waals surface area contributed by atoms with Crippen LogP contribution in [0.5, 0.6) is 5.75 Å². The second kappa shape index (κ2) is 5.36. The summed E-state index contributed by atoms with van der Waals surface area (Å²) in [4.78, 5) is 0. The van der Waals surface area contributed by atoms with Crippen molar-refractivity contribution in [2.45, 2.75) is 12.8 Å². The van der Waals surface area contributed by atoms with Crippen LogP contribution in [0.1, 0.15) is 12.8 Å². The van der Waals surface area contributed by atoms with Gasteiger partial charge in [0.2, 0.25) is 0 Å². The summed E-state index contributed by atoms with van der Waals surface area (Å²) < 4.78 is 5.40. The lowest BCUT2D eigenvalue weighted by molar-refractivity contribution is 0.312. The molecule has 3 heteroatoms. The summed E-state index contributed by atoms with van der Waals surface area (Å²) in [6.07, 6.45) is 1.78. The maximum atomic E-state index is 5.90. The molecule has 1 radical (unpaired) electrons. The number of benzene rings is 1. The fraction of sp³-hybridized carbons (Fsp3) is 0.300. The highest BCUT2D eigenvalue weighted by Gasteiger charge is 2.03. The molecule has 0 aromatic heterocycles. The third kappa shape index (κ3) is 3.09. The number of ether oxygens (including phenoxy) is 1. The van der Waals surface area contributed by atoms with E-state index in [0.29, 0.717) is 22.4 Å². The van der Waals surface area contributed by atoms with Crippen LogP contribution in [0.25, 0.3) is 0 Å². The normalized spacial score (nSPS) is 10.1. The quantitative estimate of drug-likeness (QED) is 0.694. The van der Waals surface area contributed by atoms with Crippen LogP contribution in [0, 0.1) is 6.92 Å². The minimum absolute atomic E-state index is 0.480. The SMILES string of the molecule is [CH2]CCCOc1cccc(Cl)c1Cl. The van der Waals surface area contributed by atoms with E-state index in [4.69, 9.17) is 27.9 Å². The molecule has 0 fully saturated rings. The van der Waals surface area contributed by atoms with Gasteiger partial charge in [-0.25, -0.2) is 0 Å². The Morgan fingerprint density at radius 3 is 2.77 bits per heavy atom. The molecule has 1 rings (SSSR count). The highest BCUT2D eigenvalue weighted by Crippen LogP contribution is 2.31. The van der Waals surface area contributed by atoms with Crippen molar-refractivity contribution in [1.82, 2.24) is 0 Å². The summed E-state index contributed by atoms with van der Waals surface area (Å²) in [5, 5.41) is 1.00. The van der Waals surface area contributed by atoms with Gasteiger partial charge in [-0.2, -0.15) is 0 Å². The van der Waals surface area contributed by atoms with Crippen LogP contribution in [0.2, 0.25) is 10.0 Å². The van der Waals surface area contributed by atoms with E-state index < -0.39 is 0 Å². The predicted molar refractivity (Wildman–Crippen MR) is 56.5 cm³/mol. The van der Waals surface area contributed by atoms with Gasteiger partial charge in [0.05, 0.1) is 11.6 Å². The molecule has 1 nitrogen and oxygen atoms in total.